The van der Waals surface area contributed by atoms with Crippen LogP contribution in [0.15, 0.2) is 59.3 Å². The molecule has 158 valence electrons. The number of hydrogen-bond donors (Lipinski definition) is 1. The van der Waals surface area contributed by atoms with Crippen LogP contribution in [0.5, 0.6) is 0 Å². The van der Waals surface area contributed by atoms with Gasteiger partial charge in [0, 0.05) is 35.9 Å². The third kappa shape index (κ3) is 4.34. The molecule has 0 spiro atoms. The van der Waals surface area contributed by atoms with Gasteiger partial charge >= 0.3 is 0 Å². The average molecular weight is 434 g/mol. The number of furan rings is 1. The molecule has 1 N–H and O–H groups in total. The van der Waals surface area contributed by atoms with Gasteiger partial charge in [-0.05, 0) is 49.0 Å². The number of anilines is 1. The zero-order valence-electron chi connectivity index (χ0n) is 17.6. The van der Waals surface area contributed by atoms with Crippen molar-refractivity contribution < 1.29 is 4.42 Å². The van der Waals surface area contributed by atoms with E-state index in [0.29, 0.717) is 10.9 Å². The maximum atomic E-state index is 6.45. The highest BCUT2D eigenvalue weighted by Gasteiger charge is 2.21. The van der Waals surface area contributed by atoms with Crippen molar-refractivity contribution in [3.8, 4) is 11.3 Å². The Kier molecular flexibility index (Phi) is 5.70. The molecule has 0 saturated carbocycles. The highest BCUT2D eigenvalue weighted by Crippen LogP contribution is 2.28. The van der Waals surface area contributed by atoms with Crippen molar-refractivity contribution in [2.75, 3.05) is 25.0 Å². The van der Waals surface area contributed by atoms with Crippen LogP contribution in [0.25, 0.3) is 16.9 Å². The number of nitrogens with zero attached hydrogens (tertiary/aromatic N) is 4. The average Bonchev–Trinajstić information content (AvgIpc) is 3.43. The summed E-state index contributed by atoms with van der Waals surface area (Å²) in [5.74, 6) is 2.53. The van der Waals surface area contributed by atoms with Gasteiger partial charge in [0.15, 0.2) is 5.65 Å². The zero-order valence-corrected chi connectivity index (χ0v) is 18.3. The summed E-state index contributed by atoms with van der Waals surface area (Å²) in [7, 11) is 2.03. The number of piperidine rings is 1. The molecule has 6 nitrogen and oxygen atoms in total. The number of likely N-dealkylation sites (tertiary alicyclic amines) is 1. The molecule has 1 atom stereocenters. The Morgan fingerprint density at radius 2 is 2.13 bits per heavy atom. The van der Waals surface area contributed by atoms with Gasteiger partial charge in [-0.25, -0.2) is 4.98 Å². The standard InChI is InChI=1S/C23H25BClN5O/c24-19-13-27-30-22(11-21(28-23(19)30)18-7-1-2-8-20(18)25)26-12-16-5-3-9-29(14-16)15-17-6-4-10-31-17/h1-2,4,6-8,10-11,13,16,26H,3,5,9,12,14-15,24H2. The molecule has 5 rings (SSSR count). The summed E-state index contributed by atoms with van der Waals surface area (Å²) < 4.78 is 7.42. The van der Waals surface area contributed by atoms with Crippen LogP contribution in [0.4, 0.5) is 5.82 Å². The minimum absolute atomic E-state index is 0.562. The van der Waals surface area contributed by atoms with Gasteiger partial charge < -0.3 is 9.73 Å². The SMILES string of the molecule is Bc1cnn2c(NCC3CCCN(Cc4ccco4)C3)cc(-c3ccccc3Cl)nc12. The van der Waals surface area contributed by atoms with Crippen LogP contribution < -0.4 is 10.8 Å². The minimum Gasteiger partial charge on any atom is -0.468 e. The van der Waals surface area contributed by atoms with E-state index in [-0.39, 0.29) is 0 Å². The van der Waals surface area contributed by atoms with Crippen LogP contribution in [0.1, 0.15) is 18.6 Å². The molecule has 4 aromatic rings. The molecule has 8 heteroatoms. The Labute approximate surface area is 187 Å². The van der Waals surface area contributed by atoms with Crippen molar-refractivity contribution in [1.29, 1.82) is 0 Å². The second-order valence-corrected chi connectivity index (χ2v) is 8.68. The monoisotopic (exact) mass is 433 g/mol. The summed E-state index contributed by atoms with van der Waals surface area (Å²) in [6.07, 6.45) is 6.02. The van der Waals surface area contributed by atoms with E-state index in [1.165, 1.54) is 12.8 Å². The Morgan fingerprint density at radius 3 is 2.97 bits per heavy atom. The molecule has 1 aliphatic rings. The summed E-state index contributed by atoms with van der Waals surface area (Å²) in [6, 6.07) is 13.9. The summed E-state index contributed by atoms with van der Waals surface area (Å²) in [4.78, 5) is 7.31. The molecule has 3 aromatic heterocycles. The number of benzene rings is 1. The zero-order chi connectivity index (χ0) is 21.2. The molecule has 1 saturated heterocycles. The second kappa shape index (κ2) is 8.77. The van der Waals surface area contributed by atoms with E-state index in [9.17, 15) is 0 Å². The van der Waals surface area contributed by atoms with E-state index in [1.807, 2.05) is 61.0 Å². The number of halogens is 1. The molecule has 1 aromatic carbocycles. The molecule has 1 aliphatic heterocycles. The summed E-state index contributed by atoms with van der Waals surface area (Å²) in [6.45, 7) is 3.93. The highest BCUT2D eigenvalue weighted by molar-refractivity contribution is 6.36. The third-order valence-corrected chi connectivity index (χ3v) is 6.26. The Hall–Kier alpha value is -2.77. The number of fused-ring (bicyclic) bond motifs is 1. The quantitative estimate of drug-likeness (QED) is 0.473. The van der Waals surface area contributed by atoms with Crippen LogP contribution in [0.3, 0.4) is 0 Å². The van der Waals surface area contributed by atoms with Gasteiger partial charge in [0.25, 0.3) is 0 Å². The van der Waals surface area contributed by atoms with Gasteiger partial charge in [-0.15, -0.1) is 0 Å². The lowest BCUT2D eigenvalue weighted by Gasteiger charge is -2.32. The normalized spacial score (nSPS) is 17.3. The van der Waals surface area contributed by atoms with E-state index in [4.69, 9.17) is 21.0 Å². The molecule has 0 amide bonds. The lowest BCUT2D eigenvalue weighted by molar-refractivity contribution is 0.162. The predicted octanol–water partition coefficient (Wildman–Crippen LogP) is 3.23. The molecule has 4 heterocycles. The van der Waals surface area contributed by atoms with Crippen LogP contribution in [-0.4, -0.2) is 47.0 Å². The highest BCUT2D eigenvalue weighted by atomic mass is 35.5. The first kappa shape index (κ1) is 20.2. The molecule has 1 unspecified atom stereocenters. The topological polar surface area (TPSA) is 58.6 Å². The first-order chi connectivity index (χ1) is 15.2. The number of aromatic nitrogens is 3. The van der Waals surface area contributed by atoms with Crippen LogP contribution >= 0.6 is 11.6 Å². The number of hydrogen-bond acceptors (Lipinski definition) is 5. The van der Waals surface area contributed by atoms with Gasteiger partial charge in [-0.1, -0.05) is 29.8 Å². The molecular formula is C23H25BClN5O. The van der Waals surface area contributed by atoms with Gasteiger partial charge in [-0.2, -0.15) is 9.61 Å². The minimum atomic E-state index is 0.562. The first-order valence-corrected chi connectivity index (χ1v) is 11.1. The van der Waals surface area contributed by atoms with Crippen LogP contribution in [0.2, 0.25) is 5.02 Å². The van der Waals surface area contributed by atoms with Crippen LogP contribution in [0, 0.1) is 5.92 Å². The van der Waals surface area contributed by atoms with Crippen molar-refractivity contribution >= 4 is 36.4 Å². The second-order valence-electron chi connectivity index (χ2n) is 8.27. The first-order valence-electron chi connectivity index (χ1n) is 10.8. The molecule has 0 bridgehead atoms. The lowest BCUT2D eigenvalue weighted by atomic mass is 9.98. The lowest BCUT2D eigenvalue weighted by Crippen LogP contribution is -2.37. The predicted molar refractivity (Wildman–Crippen MR) is 127 cm³/mol. The van der Waals surface area contributed by atoms with E-state index >= 15 is 0 Å². The molecule has 0 radical (unpaired) electrons. The van der Waals surface area contributed by atoms with Crippen molar-refractivity contribution in [3.63, 3.8) is 0 Å². The maximum absolute atomic E-state index is 6.45. The summed E-state index contributed by atoms with van der Waals surface area (Å²) in [5.41, 5.74) is 3.67. The number of nitrogens with one attached hydrogen (secondary N) is 1. The summed E-state index contributed by atoms with van der Waals surface area (Å²) in [5, 5.41) is 8.88. The third-order valence-electron chi connectivity index (χ3n) is 5.93. The van der Waals surface area contributed by atoms with Crippen molar-refractivity contribution in [2.45, 2.75) is 19.4 Å². The van der Waals surface area contributed by atoms with Crippen LogP contribution in [-0.2, 0) is 6.54 Å². The summed E-state index contributed by atoms with van der Waals surface area (Å²) >= 11 is 6.45. The fourth-order valence-corrected chi connectivity index (χ4v) is 4.57. The fraction of sp³-hybridized carbons (Fsp3) is 0.304. The number of rotatable bonds is 6. The van der Waals surface area contributed by atoms with Gasteiger partial charge in [0.1, 0.15) is 19.4 Å². The molecule has 1 fully saturated rings. The van der Waals surface area contributed by atoms with E-state index < -0.39 is 0 Å². The van der Waals surface area contributed by atoms with Crippen molar-refractivity contribution in [3.05, 3.63) is 65.7 Å². The van der Waals surface area contributed by atoms with Gasteiger partial charge in [0.05, 0.1) is 18.5 Å². The fourth-order valence-electron chi connectivity index (χ4n) is 4.34. The van der Waals surface area contributed by atoms with Crippen molar-refractivity contribution in [2.24, 2.45) is 5.92 Å². The smallest absolute Gasteiger partial charge is 0.151 e. The van der Waals surface area contributed by atoms with E-state index in [2.05, 4.69) is 15.3 Å². The Bertz CT molecular complexity index is 1180. The van der Waals surface area contributed by atoms with E-state index in [0.717, 1.165) is 60.1 Å². The molecular weight excluding hydrogens is 409 g/mol. The largest absolute Gasteiger partial charge is 0.468 e. The van der Waals surface area contributed by atoms with Gasteiger partial charge in [0.2, 0.25) is 0 Å². The molecule has 0 aliphatic carbocycles. The maximum Gasteiger partial charge on any atom is 0.151 e. The van der Waals surface area contributed by atoms with E-state index in [1.54, 1.807) is 6.26 Å². The Balaban J connectivity index is 1.35. The molecule has 31 heavy (non-hydrogen) atoms. The van der Waals surface area contributed by atoms with Gasteiger partial charge in [-0.3, -0.25) is 4.90 Å². The Morgan fingerprint density at radius 1 is 1.23 bits per heavy atom. The van der Waals surface area contributed by atoms with Crippen molar-refractivity contribution in [1.82, 2.24) is 19.5 Å².